The van der Waals surface area contributed by atoms with Crippen molar-refractivity contribution in [2.24, 2.45) is 5.92 Å². The lowest BCUT2D eigenvalue weighted by atomic mass is 9.93. The van der Waals surface area contributed by atoms with Gasteiger partial charge in [0.15, 0.2) is 0 Å². The Morgan fingerprint density at radius 3 is 2.86 bits per heavy atom. The van der Waals surface area contributed by atoms with Crippen LogP contribution in [0.4, 0.5) is 0 Å². The van der Waals surface area contributed by atoms with E-state index in [9.17, 15) is 4.79 Å². The number of carbonyl (C=O) groups excluding carboxylic acids is 1. The number of aromatic nitrogens is 3. The van der Waals surface area contributed by atoms with Crippen molar-refractivity contribution >= 4 is 17.2 Å². The predicted molar refractivity (Wildman–Crippen MR) is 86.7 cm³/mol. The van der Waals surface area contributed by atoms with Crippen molar-refractivity contribution in [3.8, 4) is 0 Å². The fourth-order valence-electron chi connectivity index (χ4n) is 2.97. The van der Waals surface area contributed by atoms with E-state index in [4.69, 9.17) is 0 Å². The van der Waals surface area contributed by atoms with Gasteiger partial charge in [-0.2, -0.15) is 5.10 Å². The molecule has 5 nitrogen and oxygen atoms in total. The van der Waals surface area contributed by atoms with Crippen molar-refractivity contribution in [2.45, 2.75) is 39.2 Å². The Kier molecular flexibility index (Phi) is 4.87. The lowest BCUT2D eigenvalue weighted by Crippen LogP contribution is -2.39. The monoisotopic (exact) mass is 318 g/mol. The third-order valence-electron chi connectivity index (χ3n) is 4.29. The van der Waals surface area contributed by atoms with Crippen molar-refractivity contribution in [3.63, 3.8) is 0 Å². The van der Waals surface area contributed by atoms with E-state index in [1.165, 1.54) is 0 Å². The van der Waals surface area contributed by atoms with Crippen LogP contribution < -0.4 is 0 Å². The summed E-state index contributed by atoms with van der Waals surface area (Å²) in [4.78, 5) is 18.7. The van der Waals surface area contributed by atoms with Gasteiger partial charge >= 0.3 is 0 Å². The number of nitrogens with zero attached hydrogens (tertiary/aromatic N) is 4. The number of carbonyl (C=O) groups is 1. The molecule has 1 fully saturated rings. The van der Waals surface area contributed by atoms with Gasteiger partial charge in [0.2, 0.25) is 5.91 Å². The van der Waals surface area contributed by atoms with E-state index in [1.54, 1.807) is 11.3 Å². The molecule has 2 aromatic heterocycles. The number of amides is 1. The molecule has 6 heteroatoms. The van der Waals surface area contributed by atoms with Crippen molar-refractivity contribution in [1.29, 1.82) is 0 Å². The van der Waals surface area contributed by atoms with Gasteiger partial charge in [0.25, 0.3) is 0 Å². The summed E-state index contributed by atoms with van der Waals surface area (Å²) in [6.07, 6.45) is 7.62. The standard InChI is InChI=1S/C16H22N4OS/c1-13-18-15(12-22-13)11-16(21)19-8-3-14(4-9-19)5-10-20-7-2-6-17-20/h2,6-7,12,14H,3-5,8-11H2,1H3. The summed E-state index contributed by atoms with van der Waals surface area (Å²) in [5.41, 5.74) is 0.910. The summed E-state index contributed by atoms with van der Waals surface area (Å²) in [7, 11) is 0. The van der Waals surface area contributed by atoms with Gasteiger partial charge in [-0.3, -0.25) is 9.48 Å². The summed E-state index contributed by atoms with van der Waals surface area (Å²) in [5, 5.41) is 7.26. The van der Waals surface area contributed by atoms with Gasteiger partial charge in [-0.25, -0.2) is 4.98 Å². The Bertz CT molecular complexity index is 599. The molecule has 0 aliphatic carbocycles. The second-order valence-corrected chi connectivity index (χ2v) is 6.98. The number of rotatable bonds is 5. The van der Waals surface area contributed by atoms with E-state index in [0.717, 1.165) is 49.6 Å². The molecule has 0 aromatic carbocycles. The zero-order valence-corrected chi connectivity index (χ0v) is 13.8. The second-order valence-electron chi connectivity index (χ2n) is 5.92. The highest BCUT2D eigenvalue weighted by Crippen LogP contribution is 2.22. The highest BCUT2D eigenvalue weighted by molar-refractivity contribution is 7.09. The van der Waals surface area contributed by atoms with Crippen molar-refractivity contribution < 1.29 is 4.79 Å². The number of piperidine rings is 1. The Labute approximate surface area is 135 Å². The summed E-state index contributed by atoms with van der Waals surface area (Å²) in [6, 6.07) is 1.96. The van der Waals surface area contributed by atoms with Gasteiger partial charge in [-0.05, 0) is 38.2 Å². The first kappa shape index (κ1) is 15.2. The van der Waals surface area contributed by atoms with E-state index in [1.807, 2.05) is 40.3 Å². The fourth-order valence-corrected chi connectivity index (χ4v) is 3.59. The molecular weight excluding hydrogens is 296 g/mol. The average molecular weight is 318 g/mol. The molecule has 2 aromatic rings. The zero-order chi connectivity index (χ0) is 15.4. The molecule has 22 heavy (non-hydrogen) atoms. The molecular formula is C16H22N4OS. The molecule has 1 amide bonds. The van der Waals surface area contributed by atoms with E-state index in [0.29, 0.717) is 12.3 Å². The van der Waals surface area contributed by atoms with E-state index in [2.05, 4.69) is 10.1 Å². The molecule has 0 atom stereocenters. The molecule has 0 spiro atoms. The number of hydrogen-bond acceptors (Lipinski definition) is 4. The van der Waals surface area contributed by atoms with Crippen LogP contribution in [0.25, 0.3) is 0 Å². The number of thiazole rings is 1. The Morgan fingerprint density at radius 2 is 2.23 bits per heavy atom. The summed E-state index contributed by atoms with van der Waals surface area (Å²) in [5.74, 6) is 0.922. The van der Waals surface area contributed by atoms with Gasteiger partial charge < -0.3 is 4.90 Å². The maximum absolute atomic E-state index is 12.3. The fraction of sp³-hybridized carbons (Fsp3) is 0.562. The largest absolute Gasteiger partial charge is 0.342 e. The predicted octanol–water partition coefficient (Wildman–Crippen LogP) is 2.52. The molecule has 1 aliphatic rings. The molecule has 0 N–H and O–H groups in total. The molecule has 0 unspecified atom stereocenters. The molecule has 3 heterocycles. The Morgan fingerprint density at radius 1 is 1.41 bits per heavy atom. The highest BCUT2D eigenvalue weighted by Gasteiger charge is 2.23. The van der Waals surface area contributed by atoms with E-state index in [-0.39, 0.29) is 5.91 Å². The third-order valence-corrected chi connectivity index (χ3v) is 5.11. The minimum atomic E-state index is 0.218. The maximum Gasteiger partial charge on any atom is 0.228 e. The normalized spacial score (nSPS) is 16.1. The summed E-state index contributed by atoms with van der Waals surface area (Å²) >= 11 is 1.61. The number of hydrogen-bond donors (Lipinski definition) is 0. The van der Waals surface area contributed by atoms with Crippen molar-refractivity contribution in [1.82, 2.24) is 19.7 Å². The van der Waals surface area contributed by atoms with Crippen LogP contribution in [-0.4, -0.2) is 38.7 Å². The SMILES string of the molecule is Cc1nc(CC(=O)N2CCC(CCn3cccn3)CC2)cs1. The van der Waals surface area contributed by atoms with Crippen LogP contribution in [0.5, 0.6) is 0 Å². The maximum atomic E-state index is 12.3. The van der Waals surface area contributed by atoms with Gasteiger partial charge in [-0.1, -0.05) is 0 Å². The molecule has 0 bridgehead atoms. The molecule has 0 radical (unpaired) electrons. The van der Waals surface area contributed by atoms with Crippen LogP contribution in [0.1, 0.15) is 30.0 Å². The van der Waals surface area contributed by atoms with Crippen LogP contribution in [-0.2, 0) is 17.8 Å². The first-order valence-electron chi connectivity index (χ1n) is 7.87. The van der Waals surface area contributed by atoms with Gasteiger partial charge in [0, 0.05) is 37.4 Å². The van der Waals surface area contributed by atoms with Crippen LogP contribution in [0.3, 0.4) is 0 Å². The van der Waals surface area contributed by atoms with Crippen LogP contribution in [0.2, 0.25) is 0 Å². The third kappa shape index (κ3) is 3.94. The van der Waals surface area contributed by atoms with E-state index >= 15 is 0 Å². The van der Waals surface area contributed by atoms with E-state index < -0.39 is 0 Å². The lowest BCUT2D eigenvalue weighted by Gasteiger charge is -2.32. The molecule has 0 saturated carbocycles. The van der Waals surface area contributed by atoms with Crippen LogP contribution >= 0.6 is 11.3 Å². The quantitative estimate of drug-likeness (QED) is 0.851. The second kappa shape index (κ2) is 7.05. The number of likely N-dealkylation sites (tertiary alicyclic amines) is 1. The molecule has 1 saturated heterocycles. The molecule has 1 aliphatic heterocycles. The van der Waals surface area contributed by atoms with Crippen molar-refractivity contribution in [2.75, 3.05) is 13.1 Å². The highest BCUT2D eigenvalue weighted by atomic mass is 32.1. The topological polar surface area (TPSA) is 51.0 Å². The molecule has 3 rings (SSSR count). The Balaban J connectivity index is 1.42. The molecule has 118 valence electrons. The minimum Gasteiger partial charge on any atom is -0.342 e. The van der Waals surface area contributed by atoms with Crippen LogP contribution in [0, 0.1) is 12.8 Å². The zero-order valence-electron chi connectivity index (χ0n) is 12.9. The summed E-state index contributed by atoms with van der Waals surface area (Å²) in [6.45, 7) is 4.71. The van der Waals surface area contributed by atoms with Gasteiger partial charge in [0.1, 0.15) is 0 Å². The minimum absolute atomic E-state index is 0.218. The van der Waals surface area contributed by atoms with Gasteiger partial charge in [-0.15, -0.1) is 11.3 Å². The van der Waals surface area contributed by atoms with Crippen molar-refractivity contribution in [3.05, 3.63) is 34.5 Å². The van der Waals surface area contributed by atoms with Crippen LogP contribution in [0.15, 0.2) is 23.8 Å². The first-order valence-corrected chi connectivity index (χ1v) is 8.75. The average Bonchev–Trinajstić information content (AvgIpc) is 3.17. The van der Waals surface area contributed by atoms with Gasteiger partial charge in [0.05, 0.1) is 17.1 Å². The first-order chi connectivity index (χ1) is 10.7. The Hall–Kier alpha value is -1.69. The smallest absolute Gasteiger partial charge is 0.228 e. The summed E-state index contributed by atoms with van der Waals surface area (Å²) < 4.78 is 1.99. The number of aryl methyl sites for hydroxylation is 2. The lowest BCUT2D eigenvalue weighted by molar-refractivity contribution is -0.131.